The largest absolute Gasteiger partial charge is 0.445 e. The van der Waals surface area contributed by atoms with Gasteiger partial charge in [-0.1, -0.05) is 88.4 Å². The normalized spacial score (nSPS) is 12.2. The molecule has 4 amide bonds. The van der Waals surface area contributed by atoms with Crippen LogP contribution in [0.1, 0.15) is 73.2 Å². The number of hydrogen-bond acceptors (Lipinski definition) is 8. The highest BCUT2D eigenvalue weighted by atomic mass is 32.1. The molecule has 0 saturated carbocycles. The Morgan fingerprint density at radius 2 is 1.28 bits per heavy atom. The van der Waals surface area contributed by atoms with Gasteiger partial charge in [-0.15, -0.1) is 11.3 Å². The number of nitrogens with one attached hydrogen (secondary N) is 4. The number of hydrogen-bond donors (Lipinski definition) is 4. The van der Waals surface area contributed by atoms with E-state index in [2.05, 4.69) is 26.5 Å². The van der Waals surface area contributed by atoms with Crippen LogP contribution >= 0.6 is 11.3 Å². The summed E-state index contributed by atoms with van der Waals surface area (Å²) in [5, 5.41) is 7.49. The van der Waals surface area contributed by atoms with Crippen LogP contribution in [0, 0.1) is 11.8 Å². The molecule has 3 rings (SSSR count). The number of ether oxygens (including phenoxy) is 2. The number of carbonyl (C=O) groups excluding carboxylic acids is 4. The maximum atomic E-state index is 12.9. The van der Waals surface area contributed by atoms with Crippen LogP contribution in [0.5, 0.6) is 0 Å². The van der Waals surface area contributed by atoms with E-state index < -0.39 is 36.1 Å². The Labute approximate surface area is 255 Å². The van der Waals surface area contributed by atoms with Crippen molar-refractivity contribution < 1.29 is 28.7 Å². The van der Waals surface area contributed by atoms with Crippen molar-refractivity contribution in [3.63, 3.8) is 0 Å². The number of carbonyl (C=O) groups is 4. The minimum absolute atomic E-state index is 0.0585. The molecule has 3 aromatic rings. The fourth-order valence-corrected chi connectivity index (χ4v) is 4.89. The Morgan fingerprint density at radius 3 is 1.81 bits per heavy atom. The summed E-state index contributed by atoms with van der Waals surface area (Å²) >= 11 is 1.22. The second-order valence-corrected chi connectivity index (χ2v) is 11.7. The van der Waals surface area contributed by atoms with Crippen molar-refractivity contribution in [3.8, 4) is 0 Å². The van der Waals surface area contributed by atoms with Crippen LogP contribution in [-0.2, 0) is 27.5 Å². The van der Waals surface area contributed by atoms with Crippen LogP contribution in [0.3, 0.4) is 0 Å². The van der Waals surface area contributed by atoms with E-state index in [-0.39, 0.29) is 30.7 Å². The van der Waals surface area contributed by atoms with E-state index in [0.29, 0.717) is 17.8 Å². The Hall–Kier alpha value is -4.45. The molecule has 0 spiro atoms. The molecule has 43 heavy (non-hydrogen) atoms. The van der Waals surface area contributed by atoms with Gasteiger partial charge in [-0.3, -0.25) is 20.4 Å². The molecule has 0 bridgehead atoms. The minimum atomic E-state index is -0.934. The van der Waals surface area contributed by atoms with Gasteiger partial charge in [0.1, 0.15) is 30.0 Å². The van der Waals surface area contributed by atoms with Gasteiger partial charge < -0.3 is 20.1 Å². The van der Waals surface area contributed by atoms with Gasteiger partial charge in [0.05, 0.1) is 6.04 Å². The lowest BCUT2D eigenvalue weighted by atomic mass is 10.0. The van der Waals surface area contributed by atoms with Gasteiger partial charge in [0.15, 0.2) is 0 Å². The van der Waals surface area contributed by atoms with E-state index in [0.717, 1.165) is 11.1 Å². The summed E-state index contributed by atoms with van der Waals surface area (Å²) in [5.41, 5.74) is 6.47. The molecule has 230 valence electrons. The molecule has 1 aromatic heterocycles. The number of hydrazine groups is 1. The van der Waals surface area contributed by atoms with Gasteiger partial charge in [-0.2, -0.15) is 0 Å². The third-order valence-corrected chi connectivity index (χ3v) is 7.05. The fraction of sp³-hybridized carbons (Fsp3) is 0.387. The third kappa shape index (κ3) is 11.8. The minimum Gasteiger partial charge on any atom is -0.445 e. The molecule has 0 aliphatic carbocycles. The third-order valence-electron chi connectivity index (χ3n) is 6.09. The molecule has 2 atom stereocenters. The van der Waals surface area contributed by atoms with Crippen molar-refractivity contribution in [1.82, 2.24) is 26.5 Å². The Kier molecular flexibility index (Phi) is 13.0. The lowest BCUT2D eigenvalue weighted by Gasteiger charge is -2.20. The van der Waals surface area contributed by atoms with Crippen LogP contribution in [0.2, 0.25) is 0 Å². The first-order valence-corrected chi connectivity index (χ1v) is 15.0. The zero-order valence-corrected chi connectivity index (χ0v) is 25.6. The van der Waals surface area contributed by atoms with Crippen molar-refractivity contribution in [1.29, 1.82) is 0 Å². The summed E-state index contributed by atoms with van der Waals surface area (Å²) < 4.78 is 10.6. The molecule has 4 N–H and O–H groups in total. The van der Waals surface area contributed by atoms with E-state index in [1.54, 1.807) is 5.38 Å². The zero-order valence-electron chi connectivity index (χ0n) is 24.8. The molecule has 0 unspecified atom stereocenters. The van der Waals surface area contributed by atoms with Crippen LogP contribution in [0.4, 0.5) is 9.59 Å². The predicted molar refractivity (Wildman–Crippen MR) is 163 cm³/mol. The van der Waals surface area contributed by atoms with E-state index in [9.17, 15) is 19.2 Å². The zero-order chi connectivity index (χ0) is 31.2. The maximum Gasteiger partial charge on any atom is 0.408 e. The monoisotopic (exact) mass is 609 g/mol. The highest BCUT2D eigenvalue weighted by molar-refractivity contribution is 7.09. The second kappa shape index (κ2) is 16.9. The summed E-state index contributed by atoms with van der Waals surface area (Å²) in [7, 11) is 0. The number of benzene rings is 2. The van der Waals surface area contributed by atoms with E-state index in [1.165, 1.54) is 11.3 Å². The highest BCUT2D eigenvalue weighted by Crippen LogP contribution is 2.25. The van der Waals surface area contributed by atoms with Gasteiger partial charge >= 0.3 is 12.2 Å². The number of aromatic nitrogens is 1. The number of alkyl carbamates (subject to hydrolysis) is 2. The van der Waals surface area contributed by atoms with Crippen molar-refractivity contribution in [2.45, 2.75) is 65.8 Å². The summed E-state index contributed by atoms with van der Waals surface area (Å²) in [4.78, 5) is 54.9. The highest BCUT2D eigenvalue weighted by Gasteiger charge is 2.25. The lowest BCUT2D eigenvalue weighted by Crippen LogP contribution is -2.52. The van der Waals surface area contributed by atoms with Crippen LogP contribution in [-0.4, -0.2) is 35.0 Å². The van der Waals surface area contributed by atoms with Crippen LogP contribution in [0.15, 0.2) is 66.0 Å². The van der Waals surface area contributed by atoms with Crippen LogP contribution < -0.4 is 21.5 Å². The number of thiazole rings is 1. The number of nitrogens with zero attached hydrogens (tertiary/aromatic N) is 1. The molecular weight excluding hydrogens is 570 g/mol. The van der Waals surface area contributed by atoms with E-state index >= 15 is 0 Å². The smallest absolute Gasteiger partial charge is 0.408 e. The van der Waals surface area contributed by atoms with Crippen molar-refractivity contribution >= 4 is 35.3 Å². The molecule has 11 nitrogen and oxygen atoms in total. The summed E-state index contributed by atoms with van der Waals surface area (Å²) in [5.74, 6) is -0.938. The number of amides is 4. The van der Waals surface area contributed by atoms with Gasteiger partial charge in [0, 0.05) is 5.38 Å². The molecule has 2 aromatic carbocycles. The van der Waals surface area contributed by atoms with Crippen molar-refractivity contribution in [2.75, 3.05) is 0 Å². The molecule has 12 heteroatoms. The molecule has 0 aliphatic rings. The topological polar surface area (TPSA) is 148 Å². The average molecular weight is 610 g/mol. The molecule has 0 saturated heterocycles. The van der Waals surface area contributed by atoms with E-state index in [1.807, 2.05) is 88.4 Å². The summed E-state index contributed by atoms with van der Waals surface area (Å²) in [6.07, 6.45) is -0.430. The van der Waals surface area contributed by atoms with Gasteiger partial charge in [0.2, 0.25) is 0 Å². The summed E-state index contributed by atoms with van der Waals surface area (Å²) in [6.45, 7) is 8.03. The fourth-order valence-electron chi connectivity index (χ4n) is 4.03. The lowest BCUT2D eigenvalue weighted by molar-refractivity contribution is -0.124. The molecule has 0 aliphatic heterocycles. The predicted octanol–water partition coefficient (Wildman–Crippen LogP) is 5.26. The van der Waals surface area contributed by atoms with E-state index in [4.69, 9.17) is 9.47 Å². The Morgan fingerprint density at radius 1 is 0.744 bits per heavy atom. The van der Waals surface area contributed by atoms with Crippen molar-refractivity contribution in [2.24, 2.45) is 11.8 Å². The Balaban J connectivity index is 1.54. The molecule has 1 heterocycles. The van der Waals surface area contributed by atoms with Crippen molar-refractivity contribution in [3.05, 3.63) is 87.9 Å². The van der Waals surface area contributed by atoms with Gasteiger partial charge in [-0.25, -0.2) is 14.6 Å². The summed E-state index contributed by atoms with van der Waals surface area (Å²) in [6, 6.07) is 17.1. The first-order chi connectivity index (χ1) is 20.6. The van der Waals surface area contributed by atoms with Gasteiger partial charge in [-0.05, 0) is 35.8 Å². The molecular formula is C31H39N5O6S. The SMILES string of the molecule is CC(C)C[C@H](NC(=O)OCc1ccccc1)C(=O)NNC(=O)c1csc([C@H](CC(C)C)NC(=O)OCc2ccccc2)n1. The quantitative estimate of drug-likeness (QED) is 0.193. The van der Waals surface area contributed by atoms with Gasteiger partial charge in [0.25, 0.3) is 11.8 Å². The first-order valence-electron chi connectivity index (χ1n) is 14.1. The molecule has 0 radical (unpaired) electrons. The Bertz CT molecular complexity index is 1330. The van der Waals surface area contributed by atoms with Crippen LogP contribution in [0.25, 0.3) is 0 Å². The number of rotatable bonds is 13. The first kappa shape index (κ1) is 33.1. The average Bonchev–Trinajstić information content (AvgIpc) is 3.48. The maximum absolute atomic E-state index is 12.9. The standard InChI is InChI=1S/C31H39N5O6S/c1-20(2)15-24(33-30(39)41-17-22-11-7-5-8-12-22)27(37)35-36-28(38)26-19-43-29(32-26)25(16-21(3)4)34-31(40)42-18-23-13-9-6-10-14-23/h5-14,19-21,24-25H,15-18H2,1-4H3,(H,33,39)(H,34,40)(H,35,37)(H,36,38)/t24-,25-/m0/s1. The molecule has 0 fully saturated rings. The second-order valence-electron chi connectivity index (χ2n) is 10.8.